The highest BCUT2D eigenvalue weighted by atomic mass is 16.5. The van der Waals surface area contributed by atoms with Gasteiger partial charge in [-0.3, -0.25) is 9.59 Å². The SMILES string of the molecule is C=C1CC[C@H]2[C@](C)(CCC[C@]2(C)C(=O)O)[C@H]1CC/C(C)=C/COC(C)=O. The molecule has 0 bridgehead atoms. The molecule has 0 saturated heterocycles. The van der Waals surface area contributed by atoms with Crippen molar-refractivity contribution in [2.45, 2.75) is 72.6 Å². The molecular formula is C22H34O4. The van der Waals surface area contributed by atoms with Crippen LogP contribution in [0, 0.1) is 22.7 Å². The first-order valence-electron chi connectivity index (χ1n) is 9.81. The molecule has 0 aromatic heterocycles. The van der Waals surface area contributed by atoms with E-state index in [1.165, 1.54) is 18.1 Å². The van der Waals surface area contributed by atoms with Crippen molar-refractivity contribution in [2.75, 3.05) is 6.61 Å². The van der Waals surface area contributed by atoms with Crippen LogP contribution in [0.15, 0.2) is 23.8 Å². The lowest BCUT2D eigenvalue weighted by molar-refractivity contribution is -0.164. The van der Waals surface area contributed by atoms with Crippen LogP contribution in [0.5, 0.6) is 0 Å². The Morgan fingerprint density at radius 3 is 2.62 bits per heavy atom. The molecule has 1 N–H and O–H groups in total. The van der Waals surface area contributed by atoms with Crippen LogP contribution in [-0.2, 0) is 14.3 Å². The Morgan fingerprint density at radius 1 is 1.31 bits per heavy atom. The summed E-state index contributed by atoms with van der Waals surface area (Å²) in [4.78, 5) is 22.9. The van der Waals surface area contributed by atoms with E-state index in [9.17, 15) is 14.7 Å². The summed E-state index contributed by atoms with van der Waals surface area (Å²) in [5.74, 6) is -0.336. The molecule has 2 aliphatic carbocycles. The van der Waals surface area contributed by atoms with E-state index in [4.69, 9.17) is 4.74 Å². The Labute approximate surface area is 157 Å². The van der Waals surface area contributed by atoms with Crippen molar-refractivity contribution in [1.29, 1.82) is 0 Å². The summed E-state index contributed by atoms with van der Waals surface area (Å²) < 4.78 is 4.99. The van der Waals surface area contributed by atoms with Crippen LogP contribution in [0.2, 0.25) is 0 Å². The highest BCUT2D eigenvalue weighted by molar-refractivity contribution is 5.75. The summed E-state index contributed by atoms with van der Waals surface area (Å²) in [5, 5.41) is 9.89. The topological polar surface area (TPSA) is 63.6 Å². The molecule has 0 aliphatic heterocycles. The van der Waals surface area contributed by atoms with Crippen LogP contribution in [0.4, 0.5) is 0 Å². The zero-order chi connectivity index (χ0) is 19.5. The van der Waals surface area contributed by atoms with Gasteiger partial charge >= 0.3 is 11.9 Å². The van der Waals surface area contributed by atoms with Crippen LogP contribution >= 0.6 is 0 Å². The number of carbonyl (C=O) groups is 2. The van der Waals surface area contributed by atoms with E-state index in [0.29, 0.717) is 12.5 Å². The number of carboxylic acids is 1. The van der Waals surface area contributed by atoms with Gasteiger partial charge in [-0.1, -0.05) is 31.1 Å². The van der Waals surface area contributed by atoms with E-state index in [0.717, 1.165) is 44.9 Å². The highest BCUT2D eigenvalue weighted by Crippen LogP contribution is 2.62. The third kappa shape index (κ3) is 4.05. The van der Waals surface area contributed by atoms with Crippen LogP contribution < -0.4 is 0 Å². The first-order chi connectivity index (χ1) is 12.1. The summed E-state index contributed by atoms with van der Waals surface area (Å²) in [7, 11) is 0. The molecule has 2 saturated carbocycles. The van der Waals surface area contributed by atoms with Crippen molar-refractivity contribution in [3.05, 3.63) is 23.8 Å². The number of rotatable bonds is 6. The molecule has 0 heterocycles. The maximum absolute atomic E-state index is 12.0. The van der Waals surface area contributed by atoms with Crippen molar-refractivity contribution >= 4 is 11.9 Å². The molecule has 2 rings (SSSR count). The lowest BCUT2D eigenvalue weighted by Crippen LogP contribution is -2.53. The van der Waals surface area contributed by atoms with Gasteiger partial charge in [-0.2, -0.15) is 0 Å². The maximum Gasteiger partial charge on any atom is 0.309 e. The van der Waals surface area contributed by atoms with Crippen LogP contribution in [0.1, 0.15) is 72.6 Å². The number of ether oxygens (including phenoxy) is 1. The zero-order valence-corrected chi connectivity index (χ0v) is 16.8. The molecule has 0 unspecified atom stereocenters. The molecule has 0 spiro atoms. The Morgan fingerprint density at radius 2 is 2.00 bits per heavy atom. The third-order valence-corrected chi connectivity index (χ3v) is 7.05. The third-order valence-electron chi connectivity index (χ3n) is 7.05. The minimum Gasteiger partial charge on any atom is -0.481 e. The molecule has 0 aromatic carbocycles. The van der Waals surface area contributed by atoms with Gasteiger partial charge in [-0.25, -0.2) is 0 Å². The summed E-state index contributed by atoms with van der Waals surface area (Å²) in [5.41, 5.74) is 1.89. The number of carbonyl (C=O) groups excluding carboxylic acids is 1. The molecule has 2 aliphatic rings. The fourth-order valence-corrected chi connectivity index (χ4v) is 5.51. The lowest BCUT2D eigenvalue weighted by Gasteiger charge is -2.57. The molecule has 0 radical (unpaired) electrons. The van der Waals surface area contributed by atoms with Gasteiger partial charge in [0.25, 0.3) is 0 Å². The Hall–Kier alpha value is -1.58. The average Bonchev–Trinajstić information content (AvgIpc) is 2.53. The van der Waals surface area contributed by atoms with Crippen molar-refractivity contribution in [1.82, 2.24) is 0 Å². The fourth-order valence-electron chi connectivity index (χ4n) is 5.51. The monoisotopic (exact) mass is 362 g/mol. The second kappa shape index (κ2) is 7.98. The van der Waals surface area contributed by atoms with Gasteiger partial charge in [0.05, 0.1) is 5.41 Å². The van der Waals surface area contributed by atoms with Crippen LogP contribution in [0.25, 0.3) is 0 Å². The number of hydrogen-bond donors (Lipinski definition) is 1. The van der Waals surface area contributed by atoms with Crippen molar-refractivity contribution in [3.8, 4) is 0 Å². The van der Waals surface area contributed by atoms with Gasteiger partial charge in [0, 0.05) is 6.92 Å². The Balaban J connectivity index is 2.13. The van der Waals surface area contributed by atoms with E-state index in [-0.39, 0.29) is 17.3 Å². The van der Waals surface area contributed by atoms with Gasteiger partial charge in [0.1, 0.15) is 6.61 Å². The van der Waals surface area contributed by atoms with Gasteiger partial charge in [-0.15, -0.1) is 0 Å². The lowest BCUT2D eigenvalue weighted by atomic mass is 9.46. The second-order valence-corrected chi connectivity index (χ2v) is 8.78. The first kappa shape index (κ1) is 20.7. The molecule has 4 nitrogen and oxygen atoms in total. The van der Waals surface area contributed by atoms with Gasteiger partial charge < -0.3 is 9.84 Å². The standard InChI is InChI=1S/C22H34O4/c1-15(11-14-26-17(3)23)7-9-18-16(2)8-10-19-21(18,4)12-6-13-22(19,5)20(24)25/h11,18-19H,2,6-10,12-14H2,1,3-5H3,(H,24,25)/b15-11+/t18-,19-,21+,22-/m0/s1. The first-order valence-corrected chi connectivity index (χ1v) is 9.81. The molecule has 4 atom stereocenters. The number of esters is 1. The van der Waals surface area contributed by atoms with Gasteiger partial charge in [0.15, 0.2) is 0 Å². The van der Waals surface area contributed by atoms with Gasteiger partial charge in [-0.05, 0) is 75.7 Å². The molecular weight excluding hydrogens is 328 g/mol. The van der Waals surface area contributed by atoms with Crippen molar-refractivity contribution in [3.63, 3.8) is 0 Å². The minimum absolute atomic E-state index is 0.0108. The Kier molecular flexibility index (Phi) is 6.36. The highest BCUT2D eigenvalue weighted by Gasteiger charge is 2.57. The number of allylic oxidation sites excluding steroid dienone is 2. The number of fused-ring (bicyclic) bond motifs is 1. The summed E-state index contributed by atoms with van der Waals surface area (Å²) >= 11 is 0. The van der Waals surface area contributed by atoms with E-state index in [2.05, 4.69) is 20.4 Å². The number of hydrogen-bond acceptors (Lipinski definition) is 3. The molecule has 146 valence electrons. The molecule has 0 amide bonds. The number of aliphatic carboxylic acids is 1. The van der Waals surface area contributed by atoms with Crippen LogP contribution in [-0.4, -0.2) is 23.7 Å². The van der Waals surface area contributed by atoms with Gasteiger partial charge in [0.2, 0.25) is 0 Å². The average molecular weight is 363 g/mol. The molecule has 26 heavy (non-hydrogen) atoms. The minimum atomic E-state index is -0.642. The Bertz CT molecular complexity index is 605. The normalized spacial score (nSPS) is 34.9. The van der Waals surface area contributed by atoms with Crippen LogP contribution in [0.3, 0.4) is 0 Å². The zero-order valence-electron chi connectivity index (χ0n) is 16.8. The predicted octanol–water partition coefficient (Wildman–Crippen LogP) is 5.14. The smallest absolute Gasteiger partial charge is 0.309 e. The molecule has 2 fully saturated rings. The van der Waals surface area contributed by atoms with E-state index >= 15 is 0 Å². The predicted molar refractivity (Wildman–Crippen MR) is 103 cm³/mol. The fraction of sp³-hybridized carbons (Fsp3) is 0.727. The summed E-state index contributed by atoms with van der Waals surface area (Å²) in [6.07, 6.45) is 8.60. The quantitative estimate of drug-likeness (QED) is 0.525. The van der Waals surface area contributed by atoms with Crippen molar-refractivity contribution < 1.29 is 19.4 Å². The largest absolute Gasteiger partial charge is 0.481 e. The van der Waals surface area contributed by atoms with Crippen molar-refractivity contribution in [2.24, 2.45) is 22.7 Å². The van der Waals surface area contributed by atoms with E-state index in [1.807, 2.05) is 13.0 Å². The molecule has 4 heteroatoms. The summed E-state index contributed by atoms with van der Waals surface area (Å²) in [6.45, 7) is 12.4. The second-order valence-electron chi connectivity index (χ2n) is 8.78. The number of carboxylic acid groups (broad SMARTS) is 1. The van der Waals surface area contributed by atoms with E-state index in [1.54, 1.807) is 0 Å². The van der Waals surface area contributed by atoms with E-state index < -0.39 is 11.4 Å². The summed E-state index contributed by atoms with van der Waals surface area (Å²) in [6, 6.07) is 0. The molecule has 0 aromatic rings. The maximum atomic E-state index is 12.0.